The fourth-order valence-corrected chi connectivity index (χ4v) is 4.02. The van der Waals surface area contributed by atoms with Gasteiger partial charge in [0.05, 0.1) is 11.9 Å². The molecule has 1 heterocycles. The minimum absolute atomic E-state index is 0.0175. The Morgan fingerprint density at radius 3 is 2.76 bits per heavy atom. The fourth-order valence-electron chi connectivity index (χ4n) is 2.62. The Hall–Kier alpha value is -1.11. The number of anilines is 1. The van der Waals surface area contributed by atoms with Crippen LogP contribution < -0.4 is 9.62 Å². The number of nitrogens with zero attached hydrogens (tertiary/aromatic N) is 1. The lowest BCUT2D eigenvalue weighted by molar-refractivity contribution is 0.182. The topological polar surface area (TPSA) is 69.6 Å². The molecule has 2 N–H and O–H groups in total. The van der Waals surface area contributed by atoms with E-state index in [1.165, 1.54) is 11.3 Å². The molecular formula is C15H24N2O3S. The highest BCUT2D eigenvalue weighted by Crippen LogP contribution is 2.29. The number of benzene rings is 1. The fraction of sp³-hybridized carbons (Fsp3) is 0.600. The molecule has 0 amide bonds. The van der Waals surface area contributed by atoms with Crippen LogP contribution in [-0.4, -0.2) is 39.4 Å². The van der Waals surface area contributed by atoms with Crippen molar-refractivity contribution in [2.45, 2.75) is 26.4 Å². The van der Waals surface area contributed by atoms with Gasteiger partial charge in [-0.05, 0) is 29.5 Å². The zero-order chi connectivity index (χ0) is 15.6. The maximum atomic E-state index is 11.8. The highest BCUT2D eigenvalue weighted by Gasteiger charge is 2.19. The first kappa shape index (κ1) is 16.3. The van der Waals surface area contributed by atoms with Gasteiger partial charge in [0.25, 0.3) is 0 Å². The lowest BCUT2D eigenvalue weighted by Crippen LogP contribution is -2.32. The van der Waals surface area contributed by atoms with Gasteiger partial charge in [-0.1, -0.05) is 26.0 Å². The third-order valence-electron chi connectivity index (χ3n) is 3.67. The number of aliphatic hydroxyl groups is 1. The van der Waals surface area contributed by atoms with E-state index in [0.717, 1.165) is 18.5 Å². The summed E-state index contributed by atoms with van der Waals surface area (Å²) in [6.45, 7) is 4.71. The molecule has 1 aromatic carbocycles. The summed E-state index contributed by atoms with van der Waals surface area (Å²) < 4.78 is 26.0. The van der Waals surface area contributed by atoms with E-state index in [2.05, 4.69) is 9.62 Å². The van der Waals surface area contributed by atoms with Gasteiger partial charge < -0.3 is 10.0 Å². The van der Waals surface area contributed by atoms with Crippen LogP contribution in [0.5, 0.6) is 0 Å². The summed E-state index contributed by atoms with van der Waals surface area (Å²) in [6, 6.07) is 5.83. The molecule has 1 aliphatic rings. The van der Waals surface area contributed by atoms with E-state index in [0.29, 0.717) is 0 Å². The molecule has 0 bridgehead atoms. The molecule has 21 heavy (non-hydrogen) atoms. The van der Waals surface area contributed by atoms with E-state index < -0.39 is 16.1 Å². The molecule has 0 radical (unpaired) electrons. The molecule has 0 spiro atoms. The summed E-state index contributed by atoms with van der Waals surface area (Å²) in [5.74, 6) is 0.143. The minimum Gasteiger partial charge on any atom is -0.387 e. The molecule has 0 fully saturated rings. The van der Waals surface area contributed by atoms with Gasteiger partial charge in [0.2, 0.25) is 10.0 Å². The molecule has 0 aliphatic carbocycles. The van der Waals surface area contributed by atoms with Crippen molar-refractivity contribution in [3.8, 4) is 0 Å². The quantitative estimate of drug-likeness (QED) is 0.830. The molecule has 1 atom stereocenters. The molecule has 0 aromatic heterocycles. The number of fused-ring (bicyclic) bond motifs is 1. The van der Waals surface area contributed by atoms with Crippen LogP contribution in [0.1, 0.15) is 31.1 Å². The molecule has 2 rings (SSSR count). The van der Waals surface area contributed by atoms with Crippen molar-refractivity contribution in [3.05, 3.63) is 29.3 Å². The number of aliphatic hydroxyl groups excluding tert-OH is 1. The molecule has 0 saturated heterocycles. The van der Waals surface area contributed by atoms with Gasteiger partial charge in [0.15, 0.2) is 0 Å². The summed E-state index contributed by atoms with van der Waals surface area (Å²) in [6.07, 6.45) is 0.147. The number of sulfonamides is 1. The lowest BCUT2D eigenvalue weighted by Gasteiger charge is -2.16. The van der Waals surface area contributed by atoms with Crippen molar-refractivity contribution in [1.29, 1.82) is 0 Å². The van der Waals surface area contributed by atoms with Gasteiger partial charge in [-0.3, -0.25) is 0 Å². The molecule has 6 heteroatoms. The molecule has 0 saturated carbocycles. The van der Waals surface area contributed by atoms with Crippen molar-refractivity contribution >= 4 is 15.7 Å². The van der Waals surface area contributed by atoms with Gasteiger partial charge >= 0.3 is 0 Å². The zero-order valence-electron chi connectivity index (χ0n) is 12.8. The van der Waals surface area contributed by atoms with Gasteiger partial charge in [0.1, 0.15) is 0 Å². The Morgan fingerprint density at radius 2 is 2.10 bits per heavy atom. The highest BCUT2D eigenvalue weighted by molar-refractivity contribution is 7.89. The molecule has 1 aromatic rings. The predicted octanol–water partition coefficient (Wildman–Crippen LogP) is 1.29. The highest BCUT2D eigenvalue weighted by atomic mass is 32.2. The summed E-state index contributed by atoms with van der Waals surface area (Å²) in [5.41, 5.74) is 3.15. The third kappa shape index (κ3) is 4.18. The molecular weight excluding hydrogens is 288 g/mol. The maximum absolute atomic E-state index is 11.8. The van der Waals surface area contributed by atoms with Crippen LogP contribution in [0.2, 0.25) is 0 Å². The largest absolute Gasteiger partial charge is 0.387 e. The average molecular weight is 312 g/mol. The van der Waals surface area contributed by atoms with E-state index in [4.69, 9.17) is 0 Å². The average Bonchev–Trinajstić information content (AvgIpc) is 2.76. The summed E-state index contributed by atoms with van der Waals surface area (Å²) in [4.78, 5) is 2.18. The first-order valence-electron chi connectivity index (χ1n) is 7.28. The van der Waals surface area contributed by atoms with E-state index in [1.807, 2.05) is 39.1 Å². The number of nitrogens with one attached hydrogen (secondary N) is 1. The Morgan fingerprint density at radius 1 is 1.38 bits per heavy atom. The Kier molecular flexibility index (Phi) is 4.91. The number of hydrogen-bond donors (Lipinski definition) is 2. The zero-order valence-corrected chi connectivity index (χ0v) is 13.7. The van der Waals surface area contributed by atoms with Gasteiger partial charge in [-0.15, -0.1) is 0 Å². The molecule has 118 valence electrons. The van der Waals surface area contributed by atoms with Crippen molar-refractivity contribution in [2.24, 2.45) is 5.92 Å². The lowest BCUT2D eigenvalue weighted by atomic mass is 10.0. The Bertz CT molecular complexity index is 599. The number of hydrogen-bond acceptors (Lipinski definition) is 4. The minimum atomic E-state index is -3.32. The Labute approximate surface area is 127 Å². The van der Waals surface area contributed by atoms with Gasteiger partial charge in [-0.2, -0.15) is 0 Å². The predicted molar refractivity (Wildman–Crippen MR) is 85.0 cm³/mol. The Balaban J connectivity index is 2.00. The second-order valence-electron chi connectivity index (χ2n) is 6.10. The van der Waals surface area contributed by atoms with Crippen LogP contribution in [0.4, 0.5) is 5.69 Å². The number of likely N-dealkylation sites (N-methyl/N-ethyl adjacent to an activating group) is 1. The second kappa shape index (κ2) is 6.34. The van der Waals surface area contributed by atoms with Gasteiger partial charge in [0, 0.05) is 25.8 Å². The SMILES string of the molecule is CC(C)CS(=O)(=O)NCC(O)c1ccc2c(c1)CCN2C. The summed E-state index contributed by atoms with van der Waals surface area (Å²) in [7, 11) is -1.28. The third-order valence-corrected chi connectivity index (χ3v) is 5.38. The smallest absolute Gasteiger partial charge is 0.211 e. The van der Waals surface area contributed by atoms with Crippen LogP contribution in [-0.2, 0) is 16.4 Å². The van der Waals surface area contributed by atoms with E-state index >= 15 is 0 Å². The van der Waals surface area contributed by atoms with Crippen LogP contribution in [0.25, 0.3) is 0 Å². The first-order chi connectivity index (χ1) is 9.78. The van der Waals surface area contributed by atoms with E-state index in [-0.39, 0.29) is 18.2 Å². The summed E-state index contributed by atoms with van der Waals surface area (Å²) >= 11 is 0. The van der Waals surface area contributed by atoms with E-state index in [1.54, 1.807) is 0 Å². The van der Waals surface area contributed by atoms with Crippen LogP contribution in [0, 0.1) is 5.92 Å². The van der Waals surface area contributed by atoms with Crippen molar-refractivity contribution in [2.75, 3.05) is 30.8 Å². The second-order valence-corrected chi connectivity index (χ2v) is 7.95. The van der Waals surface area contributed by atoms with Crippen LogP contribution in [0.15, 0.2) is 18.2 Å². The molecule has 1 unspecified atom stereocenters. The van der Waals surface area contributed by atoms with Crippen molar-refractivity contribution in [3.63, 3.8) is 0 Å². The van der Waals surface area contributed by atoms with E-state index in [9.17, 15) is 13.5 Å². The van der Waals surface area contributed by atoms with Crippen LogP contribution in [0.3, 0.4) is 0 Å². The van der Waals surface area contributed by atoms with Crippen LogP contribution >= 0.6 is 0 Å². The molecule has 1 aliphatic heterocycles. The standard InChI is InChI=1S/C15H24N2O3S/c1-11(2)10-21(19,20)16-9-15(18)13-4-5-14-12(8-13)6-7-17(14)3/h4-5,8,11,15-16,18H,6-7,9-10H2,1-3H3. The van der Waals surface area contributed by atoms with Gasteiger partial charge in [-0.25, -0.2) is 13.1 Å². The summed E-state index contributed by atoms with van der Waals surface area (Å²) in [5, 5.41) is 10.2. The number of rotatable bonds is 6. The van der Waals surface area contributed by atoms with Crippen molar-refractivity contribution < 1.29 is 13.5 Å². The first-order valence-corrected chi connectivity index (χ1v) is 8.93. The van der Waals surface area contributed by atoms with Crippen molar-refractivity contribution in [1.82, 2.24) is 4.72 Å². The monoisotopic (exact) mass is 312 g/mol. The molecule has 5 nitrogen and oxygen atoms in total. The normalized spacial score (nSPS) is 16.3. The maximum Gasteiger partial charge on any atom is 0.211 e.